The van der Waals surface area contributed by atoms with Crippen LogP contribution in [-0.2, 0) is 25.5 Å². The molecule has 3 rings (SSSR count). The van der Waals surface area contributed by atoms with Gasteiger partial charge in [0.2, 0.25) is 11.8 Å². The Balaban J connectivity index is 1.50. The Bertz CT molecular complexity index is 1350. The van der Waals surface area contributed by atoms with E-state index in [2.05, 4.69) is 27.5 Å². The Hall–Kier alpha value is -5.07. The molecule has 2 aromatic carbocycles. The molecule has 1 aliphatic heterocycles. The molecule has 0 spiro atoms. The van der Waals surface area contributed by atoms with Crippen LogP contribution in [0.3, 0.4) is 0 Å². The molecule has 42 heavy (non-hydrogen) atoms. The van der Waals surface area contributed by atoms with Gasteiger partial charge in [0, 0.05) is 19.2 Å². The molecule has 4 N–H and O–H groups in total. The van der Waals surface area contributed by atoms with Crippen molar-refractivity contribution in [3.05, 3.63) is 66.2 Å². The van der Waals surface area contributed by atoms with Crippen LogP contribution in [0.5, 0.6) is 5.75 Å². The zero-order valence-corrected chi connectivity index (χ0v) is 23.7. The van der Waals surface area contributed by atoms with Crippen LogP contribution in [0.4, 0.5) is 21.0 Å². The maximum atomic E-state index is 12.9. The van der Waals surface area contributed by atoms with E-state index in [4.69, 9.17) is 14.2 Å². The van der Waals surface area contributed by atoms with Gasteiger partial charge in [0.25, 0.3) is 0 Å². The van der Waals surface area contributed by atoms with Gasteiger partial charge in [0.05, 0.1) is 32.3 Å². The Morgan fingerprint density at radius 3 is 2.62 bits per heavy atom. The maximum Gasteiger partial charge on any atom is 0.408 e. The molecule has 2 atom stereocenters. The molecule has 4 amide bonds. The van der Waals surface area contributed by atoms with Crippen molar-refractivity contribution in [2.45, 2.75) is 31.9 Å². The molecule has 0 saturated carbocycles. The van der Waals surface area contributed by atoms with E-state index in [-0.39, 0.29) is 44.3 Å². The number of aliphatic imine (C=N–C) groups is 1. The van der Waals surface area contributed by atoms with Gasteiger partial charge in [-0.15, -0.1) is 0 Å². The predicted octanol–water partition coefficient (Wildman–Crippen LogP) is 3.20. The molecule has 0 bridgehead atoms. The fraction of sp³-hybridized carbons (Fsp3) is 0.345. The smallest absolute Gasteiger partial charge is 0.408 e. The summed E-state index contributed by atoms with van der Waals surface area (Å²) >= 11 is 0. The van der Waals surface area contributed by atoms with E-state index in [1.165, 1.54) is 18.1 Å². The van der Waals surface area contributed by atoms with Crippen molar-refractivity contribution in [2.24, 2.45) is 4.99 Å². The summed E-state index contributed by atoms with van der Waals surface area (Å²) in [5, 5.41) is 17.3. The van der Waals surface area contributed by atoms with E-state index in [0.29, 0.717) is 22.7 Å². The molecular weight excluding hydrogens is 546 g/mol. The minimum atomic E-state index is -1.24. The van der Waals surface area contributed by atoms with Gasteiger partial charge < -0.3 is 40.2 Å². The number of alkyl carbamates (subject to hydrolysis) is 1. The third kappa shape index (κ3) is 9.25. The third-order valence-electron chi connectivity index (χ3n) is 6.26. The summed E-state index contributed by atoms with van der Waals surface area (Å²) in [5.74, 6) is -0.784. The number of benzene rings is 2. The number of hydrogen-bond acceptors (Lipinski definition) is 8. The van der Waals surface area contributed by atoms with Crippen LogP contribution in [0, 0.1) is 6.92 Å². The Morgan fingerprint density at radius 1 is 1.19 bits per heavy atom. The zero-order chi connectivity index (χ0) is 30.6. The van der Waals surface area contributed by atoms with Crippen molar-refractivity contribution in [1.82, 2.24) is 10.2 Å². The number of para-hydroxylation sites is 1. The summed E-state index contributed by atoms with van der Waals surface area (Å²) in [7, 11) is 3.07. The van der Waals surface area contributed by atoms with E-state index in [1.807, 2.05) is 25.1 Å². The topological polar surface area (TPSA) is 168 Å². The van der Waals surface area contributed by atoms with Gasteiger partial charge in [-0.25, -0.2) is 14.4 Å². The monoisotopic (exact) mass is 581 g/mol. The average molecular weight is 582 g/mol. The number of carboxylic acid groups (broad SMARTS) is 1. The number of likely N-dealkylation sites (N-methyl/N-ethyl adjacent to an activating group) is 1. The number of aliphatic carboxylic acids is 1. The van der Waals surface area contributed by atoms with Crippen LogP contribution in [0.1, 0.15) is 17.5 Å². The van der Waals surface area contributed by atoms with Crippen molar-refractivity contribution >= 4 is 41.3 Å². The first kappa shape index (κ1) is 31.5. The number of anilines is 2. The second kappa shape index (κ2) is 15.1. The first-order valence-electron chi connectivity index (χ1n) is 13.1. The minimum absolute atomic E-state index is 0.0354. The summed E-state index contributed by atoms with van der Waals surface area (Å²) in [6.07, 6.45) is -0.0803. The van der Waals surface area contributed by atoms with E-state index in [0.717, 1.165) is 5.56 Å². The summed E-state index contributed by atoms with van der Waals surface area (Å²) in [6.45, 7) is 5.54. The Kier molecular flexibility index (Phi) is 11.3. The van der Waals surface area contributed by atoms with Crippen LogP contribution in [0.2, 0.25) is 0 Å². The summed E-state index contributed by atoms with van der Waals surface area (Å²) in [5.41, 5.74) is 2.71. The first-order valence-corrected chi connectivity index (χ1v) is 13.1. The molecule has 0 aliphatic carbocycles. The molecule has 1 heterocycles. The highest BCUT2D eigenvalue weighted by molar-refractivity contribution is 6.01. The Morgan fingerprint density at radius 2 is 1.93 bits per heavy atom. The maximum absolute atomic E-state index is 12.9. The number of aryl methyl sites for hydroxylation is 1. The van der Waals surface area contributed by atoms with Gasteiger partial charge in [-0.2, -0.15) is 0 Å². The van der Waals surface area contributed by atoms with Crippen LogP contribution < -0.4 is 20.7 Å². The van der Waals surface area contributed by atoms with E-state index >= 15 is 0 Å². The Labute approximate surface area is 243 Å². The molecule has 13 nitrogen and oxygen atoms in total. The quantitative estimate of drug-likeness (QED) is 0.262. The molecule has 0 aromatic heterocycles. The van der Waals surface area contributed by atoms with Gasteiger partial charge >= 0.3 is 18.1 Å². The number of ether oxygens (including phenoxy) is 3. The fourth-order valence-corrected chi connectivity index (χ4v) is 4.02. The van der Waals surface area contributed by atoms with Crippen molar-refractivity contribution in [2.75, 3.05) is 44.5 Å². The van der Waals surface area contributed by atoms with E-state index < -0.39 is 30.2 Å². The van der Waals surface area contributed by atoms with Crippen LogP contribution in [-0.4, -0.2) is 85.9 Å². The molecule has 13 heteroatoms. The predicted molar refractivity (Wildman–Crippen MR) is 156 cm³/mol. The summed E-state index contributed by atoms with van der Waals surface area (Å²) < 4.78 is 15.9. The molecule has 0 saturated heterocycles. The van der Waals surface area contributed by atoms with E-state index in [9.17, 15) is 24.3 Å². The van der Waals surface area contributed by atoms with Gasteiger partial charge in [-0.1, -0.05) is 36.9 Å². The highest BCUT2D eigenvalue weighted by atomic mass is 16.5. The number of nitrogens with zero attached hydrogens (tertiary/aromatic N) is 2. The molecule has 0 fully saturated rings. The van der Waals surface area contributed by atoms with Gasteiger partial charge in [0.15, 0.2) is 0 Å². The largest absolute Gasteiger partial charge is 0.495 e. The standard InChI is InChI=1S/C29H35N5O8/c1-5-12-41-29(39)33-23(27(36)37)15-20-16-30-25(42-20)17-34(3)26(35)14-19-10-11-22(24(13-19)40-4)32-28(38)31-21-9-7-6-8-18(21)2/h5-11,13,20,23H,1,12,14-17H2,2-4H3,(H,33,39)(H,36,37)(H2,31,32,38). The number of methoxy groups -OCH3 is 1. The molecular formula is C29H35N5O8. The number of carbonyl (C=O) groups is 4. The van der Waals surface area contributed by atoms with Crippen LogP contribution in [0.15, 0.2) is 60.1 Å². The van der Waals surface area contributed by atoms with Crippen molar-refractivity contribution < 1.29 is 38.5 Å². The van der Waals surface area contributed by atoms with E-state index in [1.54, 1.807) is 31.3 Å². The molecule has 2 unspecified atom stereocenters. The van der Waals surface area contributed by atoms with Gasteiger partial charge in [0.1, 0.15) is 24.5 Å². The van der Waals surface area contributed by atoms with Gasteiger partial charge in [-0.05, 0) is 36.2 Å². The fourth-order valence-electron chi connectivity index (χ4n) is 4.02. The molecule has 0 radical (unpaired) electrons. The number of urea groups is 1. The second-order valence-corrected chi connectivity index (χ2v) is 9.49. The number of amides is 4. The highest BCUT2D eigenvalue weighted by Crippen LogP contribution is 2.26. The normalized spacial score (nSPS) is 14.5. The third-order valence-corrected chi connectivity index (χ3v) is 6.26. The van der Waals surface area contributed by atoms with Crippen molar-refractivity contribution in [3.8, 4) is 5.75 Å². The molecule has 2 aromatic rings. The highest BCUT2D eigenvalue weighted by Gasteiger charge is 2.30. The number of nitrogens with one attached hydrogen (secondary N) is 3. The summed E-state index contributed by atoms with van der Waals surface area (Å²) in [6, 6.07) is 10.8. The molecule has 1 aliphatic rings. The minimum Gasteiger partial charge on any atom is -0.495 e. The number of carboxylic acids is 1. The lowest BCUT2D eigenvalue weighted by Gasteiger charge is -2.20. The zero-order valence-electron chi connectivity index (χ0n) is 23.7. The average Bonchev–Trinajstić information content (AvgIpc) is 3.39. The van der Waals surface area contributed by atoms with Crippen molar-refractivity contribution in [1.29, 1.82) is 0 Å². The van der Waals surface area contributed by atoms with Crippen molar-refractivity contribution in [3.63, 3.8) is 0 Å². The SMILES string of the molecule is C=CCOC(=O)NC(CC1CN=C(CN(C)C(=O)Cc2ccc(NC(=O)Nc3ccccc3C)c(OC)c2)O1)C(=O)O. The van der Waals surface area contributed by atoms with Crippen LogP contribution >= 0.6 is 0 Å². The number of carbonyl (C=O) groups excluding carboxylic acids is 3. The van der Waals surface area contributed by atoms with Gasteiger partial charge in [-0.3, -0.25) is 9.79 Å². The lowest BCUT2D eigenvalue weighted by atomic mass is 10.1. The lowest BCUT2D eigenvalue weighted by molar-refractivity contribution is -0.140. The molecule has 224 valence electrons. The lowest BCUT2D eigenvalue weighted by Crippen LogP contribution is -2.44. The first-order chi connectivity index (χ1) is 20.1. The second-order valence-electron chi connectivity index (χ2n) is 9.49. The summed E-state index contributed by atoms with van der Waals surface area (Å²) in [4.78, 5) is 54.4. The number of hydrogen-bond donors (Lipinski definition) is 4. The number of rotatable bonds is 13. The van der Waals surface area contributed by atoms with Crippen LogP contribution in [0.25, 0.3) is 0 Å².